The minimum absolute atomic E-state index is 0.275. The first-order valence-electron chi connectivity index (χ1n) is 10.9. The van der Waals surface area contributed by atoms with E-state index in [1.165, 1.54) is 57.8 Å². The largest absolute Gasteiger partial charge is 0.279 e. The van der Waals surface area contributed by atoms with Crippen LogP contribution in [-0.4, -0.2) is 23.4 Å². The van der Waals surface area contributed by atoms with Gasteiger partial charge in [0.15, 0.2) is 0 Å². The Morgan fingerprint density at radius 2 is 1.50 bits per heavy atom. The molecule has 2 saturated carbocycles. The molecule has 0 aliphatic heterocycles. The highest BCUT2D eigenvalue weighted by atomic mass is 31.1. The number of hydrogen-bond donors (Lipinski definition) is 0. The molecule has 2 heteroatoms. The van der Waals surface area contributed by atoms with Gasteiger partial charge in [-0.05, 0) is 44.1 Å². The van der Waals surface area contributed by atoms with Crippen molar-refractivity contribution in [2.24, 2.45) is 11.8 Å². The average Bonchev–Trinajstić information content (AvgIpc) is 2.72. The van der Waals surface area contributed by atoms with Crippen LogP contribution in [0.15, 0.2) is 30.3 Å². The van der Waals surface area contributed by atoms with E-state index in [4.69, 9.17) is 0 Å². The lowest BCUT2D eigenvalue weighted by molar-refractivity contribution is 0.411. The van der Waals surface area contributed by atoms with E-state index in [0.717, 1.165) is 18.7 Å². The van der Waals surface area contributed by atoms with E-state index >= 15 is 0 Å². The molecule has 0 aromatic heterocycles. The lowest BCUT2D eigenvalue weighted by atomic mass is 9.86. The fourth-order valence-electron chi connectivity index (χ4n) is 4.72. The van der Waals surface area contributed by atoms with Crippen molar-refractivity contribution in [3.05, 3.63) is 30.3 Å². The minimum atomic E-state index is -0.275. The number of nitrogens with zero attached hydrogens (tertiary/aromatic N) is 1. The molecule has 0 radical (unpaired) electrons. The quantitative estimate of drug-likeness (QED) is 0.442. The van der Waals surface area contributed by atoms with Crippen LogP contribution in [0.25, 0.3) is 0 Å². The van der Waals surface area contributed by atoms with Gasteiger partial charge in [0.25, 0.3) is 0 Å². The summed E-state index contributed by atoms with van der Waals surface area (Å²) >= 11 is 0. The van der Waals surface area contributed by atoms with E-state index in [1.54, 1.807) is 5.30 Å². The molecule has 142 valence electrons. The Hall–Kier alpha value is -0.830. The second-order valence-electron chi connectivity index (χ2n) is 7.90. The van der Waals surface area contributed by atoms with E-state index in [2.05, 4.69) is 60.7 Å². The molecule has 0 spiro atoms. The van der Waals surface area contributed by atoms with Gasteiger partial charge in [0.2, 0.25) is 0 Å². The van der Waals surface area contributed by atoms with Crippen LogP contribution in [0.3, 0.4) is 0 Å². The molecule has 0 amide bonds. The van der Waals surface area contributed by atoms with Crippen LogP contribution in [0.2, 0.25) is 0 Å². The van der Waals surface area contributed by atoms with Gasteiger partial charge in [0.1, 0.15) is 0 Å². The second-order valence-corrected chi connectivity index (χ2v) is 10.3. The first-order chi connectivity index (χ1) is 12.8. The van der Waals surface area contributed by atoms with Crippen LogP contribution >= 0.6 is 8.07 Å². The van der Waals surface area contributed by atoms with E-state index < -0.39 is 0 Å². The van der Waals surface area contributed by atoms with Gasteiger partial charge in [-0.15, -0.1) is 0 Å². The zero-order valence-corrected chi connectivity index (χ0v) is 17.7. The maximum Gasteiger partial charge on any atom is 0.0285 e. The van der Waals surface area contributed by atoms with Crippen molar-refractivity contribution in [2.75, 3.05) is 13.1 Å². The van der Waals surface area contributed by atoms with Crippen LogP contribution < -0.4 is 5.30 Å². The summed E-state index contributed by atoms with van der Waals surface area (Å²) in [5.41, 5.74) is 0.747. The third kappa shape index (κ3) is 5.12. The van der Waals surface area contributed by atoms with E-state index in [9.17, 15) is 0 Å². The summed E-state index contributed by atoms with van der Waals surface area (Å²) in [6.45, 7) is 6.95. The summed E-state index contributed by atoms with van der Waals surface area (Å²) in [6.07, 6.45) is 12.3. The molecular formula is C24H36NP. The Morgan fingerprint density at radius 3 is 2.19 bits per heavy atom. The summed E-state index contributed by atoms with van der Waals surface area (Å²) in [4.78, 5) is 0. The highest BCUT2D eigenvalue weighted by molar-refractivity contribution is 7.64. The molecule has 1 aromatic carbocycles. The van der Waals surface area contributed by atoms with E-state index in [0.29, 0.717) is 11.8 Å². The van der Waals surface area contributed by atoms with Crippen molar-refractivity contribution in [3.8, 4) is 11.8 Å². The van der Waals surface area contributed by atoms with Crippen molar-refractivity contribution in [1.82, 2.24) is 4.67 Å². The molecule has 2 aliphatic rings. The molecule has 3 unspecified atom stereocenters. The molecule has 2 fully saturated rings. The van der Waals surface area contributed by atoms with Crippen molar-refractivity contribution in [2.45, 2.75) is 77.3 Å². The SMILES string of the molecule is CCN(CC)P(c1ccccc1)C1CCCCC1C#CC1CCCCC1. The fourth-order valence-corrected chi connectivity index (χ4v) is 7.93. The molecule has 0 bridgehead atoms. The first-order valence-corrected chi connectivity index (χ1v) is 12.3. The van der Waals surface area contributed by atoms with Crippen LogP contribution in [-0.2, 0) is 0 Å². The second kappa shape index (κ2) is 10.5. The van der Waals surface area contributed by atoms with Gasteiger partial charge < -0.3 is 0 Å². The van der Waals surface area contributed by atoms with Crippen LogP contribution in [0, 0.1) is 23.7 Å². The number of rotatable bonds is 5. The van der Waals surface area contributed by atoms with Gasteiger partial charge in [0.05, 0.1) is 0 Å². The monoisotopic (exact) mass is 369 g/mol. The third-order valence-electron chi connectivity index (χ3n) is 6.18. The molecule has 0 saturated heterocycles. The van der Waals surface area contributed by atoms with Crippen molar-refractivity contribution in [3.63, 3.8) is 0 Å². The maximum atomic E-state index is 3.83. The standard InChI is InChI=1S/C24H36NP/c1-3-25(4-2)26(23-16-9-6-10-17-23)24-18-12-11-15-22(24)20-19-21-13-7-5-8-14-21/h6,9-10,16-17,21-22,24H,3-5,7-8,11-15,18H2,1-2H3. The molecule has 0 heterocycles. The van der Waals surface area contributed by atoms with Gasteiger partial charge >= 0.3 is 0 Å². The normalized spacial score (nSPS) is 25.5. The zero-order valence-electron chi connectivity index (χ0n) is 16.8. The summed E-state index contributed by atoms with van der Waals surface area (Å²) in [6, 6.07) is 11.3. The molecule has 3 atom stereocenters. The van der Waals surface area contributed by atoms with Gasteiger partial charge in [-0.25, -0.2) is 0 Å². The smallest absolute Gasteiger partial charge is 0.0285 e. The summed E-state index contributed by atoms with van der Waals surface area (Å²) in [5, 5.41) is 1.56. The predicted octanol–water partition coefficient (Wildman–Crippen LogP) is 6.19. The molecule has 1 nitrogen and oxygen atoms in total. The van der Waals surface area contributed by atoms with Gasteiger partial charge in [-0.1, -0.05) is 88.1 Å². The Balaban J connectivity index is 1.83. The molecule has 26 heavy (non-hydrogen) atoms. The van der Waals surface area contributed by atoms with Crippen molar-refractivity contribution >= 4 is 13.4 Å². The Kier molecular flexibility index (Phi) is 8.04. The van der Waals surface area contributed by atoms with Crippen molar-refractivity contribution in [1.29, 1.82) is 0 Å². The molecular weight excluding hydrogens is 333 g/mol. The predicted molar refractivity (Wildman–Crippen MR) is 116 cm³/mol. The van der Waals surface area contributed by atoms with Crippen LogP contribution in [0.1, 0.15) is 71.6 Å². The van der Waals surface area contributed by atoms with Crippen LogP contribution in [0.5, 0.6) is 0 Å². The molecule has 2 aliphatic carbocycles. The maximum absolute atomic E-state index is 3.83. The third-order valence-corrected chi connectivity index (χ3v) is 9.43. The lowest BCUT2D eigenvalue weighted by Gasteiger charge is -2.41. The first kappa shape index (κ1) is 19.9. The lowest BCUT2D eigenvalue weighted by Crippen LogP contribution is -2.34. The van der Waals surface area contributed by atoms with E-state index in [1.807, 2.05) is 0 Å². The fraction of sp³-hybridized carbons (Fsp3) is 0.667. The van der Waals surface area contributed by atoms with Gasteiger partial charge in [-0.2, -0.15) is 0 Å². The van der Waals surface area contributed by atoms with E-state index in [-0.39, 0.29) is 8.07 Å². The number of hydrogen-bond acceptors (Lipinski definition) is 1. The summed E-state index contributed by atoms with van der Waals surface area (Å²) in [7, 11) is -0.275. The van der Waals surface area contributed by atoms with Crippen LogP contribution in [0.4, 0.5) is 0 Å². The Morgan fingerprint density at radius 1 is 0.846 bits per heavy atom. The summed E-state index contributed by atoms with van der Waals surface area (Å²) < 4.78 is 2.73. The molecule has 1 aromatic rings. The Bertz CT molecular complexity index is 577. The van der Waals surface area contributed by atoms with Gasteiger partial charge in [-0.3, -0.25) is 4.67 Å². The molecule has 0 N–H and O–H groups in total. The zero-order chi connectivity index (χ0) is 18.2. The number of benzene rings is 1. The topological polar surface area (TPSA) is 3.24 Å². The minimum Gasteiger partial charge on any atom is -0.279 e. The highest BCUT2D eigenvalue weighted by Crippen LogP contribution is 2.51. The Labute approximate surface area is 162 Å². The molecule has 3 rings (SSSR count). The summed E-state index contributed by atoms with van der Waals surface area (Å²) in [5.74, 6) is 8.87. The average molecular weight is 370 g/mol. The highest BCUT2D eigenvalue weighted by Gasteiger charge is 2.34. The van der Waals surface area contributed by atoms with Crippen molar-refractivity contribution < 1.29 is 0 Å². The van der Waals surface area contributed by atoms with Gasteiger partial charge in [0, 0.05) is 25.6 Å².